The third-order valence-electron chi connectivity index (χ3n) is 1.47. The lowest BCUT2D eigenvalue weighted by atomic mass is 10.2. The Kier molecular flexibility index (Phi) is 3.10. The Morgan fingerprint density at radius 1 is 1.38 bits per heavy atom. The van der Waals surface area contributed by atoms with E-state index in [2.05, 4.69) is 5.43 Å². The Labute approximate surface area is 75.5 Å². The van der Waals surface area contributed by atoms with Crippen molar-refractivity contribution < 1.29 is 9.90 Å². The molecule has 5 nitrogen and oxygen atoms in total. The van der Waals surface area contributed by atoms with Gasteiger partial charge in [0.25, 0.3) is 0 Å². The minimum absolute atomic E-state index is 0.437. The van der Waals surface area contributed by atoms with Crippen molar-refractivity contribution in [3.63, 3.8) is 0 Å². The van der Waals surface area contributed by atoms with Crippen molar-refractivity contribution in [1.82, 2.24) is 10.9 Å². The van der Waals surface area contributed by atoms with Crippen LogP contribution in [-0.4, -0.2) is 11.2 Å². The first-order valence-corrected chi connectivity index (χ1v) is 3.74. The van der Waals surface area contributed by atoms with E-state index in [-0.39, 0.29) is 0 Å². The Balaban J connectivity index is 2.37. The van der Waals surface area contributed by atoms with E-state index in [0.29, 0.717) is 12.2 Å². The standard InChI is InChI=1S/C8H11N3O2/c9-7-3-1-6(2-4-7)5-10-11-8(12)13/h1-4,10-11H,5,9H2,(H,12,13). The van der Waals surface area contributed by atoms with Gasteiger partial charge >= 0.3 is 6.09 Å². The van der Waals surface area contributed by atoms with Gasteiger partial charge in [-0.25, -0.2) is 10.2 Å². The van der Waals surface area contributed by atoms with Crippen LogP contribution in [0.25, 0.3) is 0 Å². The topological polar surface area (TPSA) is 87.4 Å². The summed E-state index contributed by atoms with van der Waals surface area (Å²) < 4.78 is 0. The molecule has 5 heteroatoms. The molecule has 0 saturated carbocycles. The van der Waals surface area contributed by atoms with Crippen LogP contribution in [0.1, 0.15) is 5.56 Å². The van der Waals surface area contributed by atoms with Gasteiger partial charge in [-0.2, -0.15) is 0 Å². The lowest BCUT2D eigenvalue weighted by molar-refractivity contribution is 0.189. The van der Waals surface area contributed by atoms with Crippen molar-refractivity contribution in [3.05, 3.63) is 29.8 Å². The highest BCUT2D eigenvalue weighted by Gasteiger charge is 1.93. The van der Waals surface area contributed by atoms with E-state index in [9.17, 15) is 4.79 Å². The molecule has 0 aliphatic rings. The molecule has 70 valence electrons. The Morgan fingerprint density at radius 3 is 2.54 bits per heavy atom. The Bertz CT molecular complexity index is 284. The predicted octanol–water partition coefficient (Wildman–Crippen LogP) is 0.541. The van der Waals surface area contributed by atoms with E-state index in [1.807, 2.05) is 17.6 Å². The van der Waals surface area contributed by atoms with Crippen LogP contribution < -0.4 is 16.6 Å². The molecule has 0 heterocycles. The van der Waals surface area contributed by atoms with Crippen LogP contribution in [0.5, 0.6) is 0 Å². The molecule has 0 aliphatic carbocycles. The molecule has 0 radical (unpaired) electrons. The lowest BCUT2D eigenvalue weighted by Gasteiger charge is -2.03. The summed E-state index contributed by atoms with van der Waals surface area (Å²) in [6.07, 6.45) is -1.10. The second kappa shape index (κ2) is 4.32. The average molecular weight is 181 g/mol. The van der Waals surface area contributed by atoms with Gasteiger partial charge in [-0.1, -0.05) is 12.1 Å². The number of carbonyl (C=O) groups is 1. The zero-order valence-electron chi connectivity index (χ0n) is 6.95. The van der Waals surface area contributed by atoms with Crippen LogP contribution in [0.4, 0.5) is 10.5 Å². The van der Waals surface area contributed by atoms with Gasteiger partial charge in [0.05, 0.1) is 0 Å². The average Bonchev–Trinajstić information content (AvgIpc) is 2.08. The Hall–Kier alpha value is -1.75. The maximum absolute atomic E-state index is 10.1. The van der Waals surface area contributed by atoms with E-state index in [1.54, 1.807) is 12.1 Å². The number of rotatable bonds is 3. The molecule has 1 aromatic carbocycles. The van der Waals surface area contributed by atoms with Crippen LogP contribution >= 0.6 is 0 Å². The fourth-order valence-corrected chi connectivity index (χ4v) is 0.857. The lowest BCUT2D eigenvalue weighted by Crippen LogP contribution is -2.35. The monoisotopic (exact) mass is 181 g/mol. The zero-order valence-corrected chi connectivity index (χ0v) is 6.95. The quantitative estimate of drug-likeness (QED) is 0.405. The SMILES string of the molecule is Nc1ccc(CNNC(=O)O)cc1. The maximum Gasteiger partial charge on any atom is 0.419 e. The molecule has 0 spiro atoms. The first-order chi connectivity index (χ1) is 6.18. The molecular formula is C8H11N3O2. The van der Waals surface area contributed by atoms with Gasteiger partial charge in [0.2, 0.25) is 0 Å². The molecule has 0 aromatic heterocycles. The third-order valence-corrected chi connectivity index (χ3v) is 1.47. The van der Waals surface area contributed by atoms with Gasteiger partial charge in [0, 0.05) is 12.2 Å². The van der Waals surface area contributed by atoms with Crippen molar-refractivity contribution >= 4 is 11.8 Å². The van der Waals surface area contributed by atoms with E-state index in [4.69, 9.17) is 10.8 Å². The zero-order chi connectivity index (χ0) is 9.68. The van der Waals surface area contributed by atoms with E-state index >= 15 is 0 Å². The summed E-state index contributed by atoms with van der Waals surface area (Å²) in [6, 6.07) is 7.17. The Morgan fingerprint density at radius 2 is 2.00 bits per heavy atom. The smallest absolute Gasteiger partial charge is 0.419 e. The molecule has 0 bridgehead atoms. The van der Waals surface area contributed by atoms with Crippen LogP contribution in [-0.2, 0) is 6.54 Å². The molecule has 0 aliphatic heterocycles. The summed E-state index contributed by atoms with van der Waals surface area (Å²) >= 11 is 0. The number of hydrogen-bond acceptors (Lipinski definition) is 3. The predicted molar refractivity (Wildman–Crippen MR) is 48.9 cm³/mol. The highest BCUT2D eigenvalue weighted by atomic mass is 16.4. The largest absolute Gasteiger partial charge is 0.464 e. The van der Waals surface area contributed by atoms with Crippen molar-refractivity contribution in [2.24, 2.45) is 0 Å². The third kappa shape index (κ3) is 3.44. The van der Waals surface area contributed by atoms with Crippen LogP contribution in [0.15, 0.2) is 24.3 Å². The number of hydrogen-bond donors (Lipinski definition) is 4. The van der Waals surface area contributed by atoms with Gasteiger partial charge < -0.3 is 10.8 Å². The number of amides is 1. The summed E-state index contributed by atoms with van der Waals surface area (Å²) in [5, 5.41) is 8.24. The van der Waals surface area contributed by atoms with Crippen molar-refractivity contribution in [3.8, 4) is 0 Å². The van der Waals surface area contributed by atoms with Crippen molar-refractivity contribution in [2.75, 3.05) is 5.73 Å². The first kappa shape index (κ1) is 9.34. The minimum Gasteiger partial charge on any atom is -0.464 e. The van der Waals surface area contributed by atoms with Crippen LogP contribution in [0.2, 0.25) is 0 Å². The summed E-state index contributed by atoms with van der Waals surface area (Å²) in [6.45, 7) is 0.437. The van der Waals surface area contributed by atoms with Crippen LogP contribution in [0, 0.1) is 0 Å². The summed E-state index contributed by atoms with van der Waals surface area (Å²) in [5.74, 6) is 0. The van der Waals surface area contributed by atoms with Gasteiger partial charge in [0.15, 0.2) is 0 Å². The van der Waals surface area contributed by atoms with E-state index in [0.717, 1.165) is 5.56 Å². The number of anilines is 1. The number of benzene rings is 1. The van der Waals surface area contributed by atoms with Gasteiger partial charge in [-0.05, 0) is 17.7 Å². The van der Waals surface area contributed by atoms with Crippen molar-refractivity contribution in [2.45, 2.75) is 6.54 Å². The molecule has 0 fully saturated rings. The normalized spacial score (nSPS) is 9.54. The van der Waals surface area contributed by atoms with E-state index in [1.165, 1.54) is 0 Å². The highest BCUT2D eigenvalue weighted by molar-refractivity contribution is 5.63. The highest BCUT2D eigenvalue weighted by Crippen LogP contribution is 2.04. The van der Waals surface area contributed by atoms with Gasteiger partial charge in [-0.3, -0.25) is 5.43 Å². The van der Waals surface area contributed by atoms with Gasteiger partial charge in [0.1, 0.15) is 0 Å². The number of nitrogen functional groups attached to an aromatic ring is 1. The molecule has 1 aromatic rings. The molecule has 5 N–H and O–H groups in total. The second-order valence-corrected chi connectivity index (χ2v) is 2.53. The van der Waals surface area contributed by atoms with Gasteiger partial charge in [-0.15, -0.1) is 0 Å². The molecule has 1 amide bonds. The summed E-state index contributed by atoms with van der Waals surface area (Å²) in [7, 11) is 0. The minimum atomic E-state index is -1.10. The van der Waals surface area contributed by atoms with E-state index < -0.39 is 6.09 Å². The molecule has 0 atom stereocenters. The maximum atomic E-state index is 10.1. The number of hydrazine groups is 1. The summed E-state index contributed by atoms with van der Waals surface area (Å²) in [5.41, 5.74) is 11.7. The van der Waals surface area contributed by atoms with Crippen molar-refractivity contribution in [1.29, 1.82) is 0 Å². The molecule has 1 rings (SSSR count). The molecule has 13 heavy (non-hydrogen) atoms. The second-order valence-electron chi connectivity index (χ2n) is 2.53. The summed E-state index contributed by atoms with van der Waals surface area (Å²) in [4.78, 5) is 10.1. The number of carboxylic acid groups (broad SMARTS) is 1. The first-order valence-electron chi connectivity index (χ1n) is 3.74. The molecular weight excluding hydrogens is 170 g/mol. The molecule has 0 saturated heterocycles. The number of nitrogens with two attached hydrogens (primary N) is 1. The van der Waals surface area contributed by atoms with Crippen LogP contribution in [0.3, 0.4) is 0 Å². The number of nitrogens with one attached hydrogen (secondary N) is 2. The fourth-order valence-electron chi connectivity index (χ4n) is 0.857. The molecule has 0 unspecified atom stereocenters. The fraction of sp³-hybridized carbons (Fsp3) is 0.125.